The van der Waals surface area contributed by atoms with Crippen molar-refractivity contribution in [3.63, 3.8) is 0 Å². The SMILES string of the molecule is CCc1cnc(N2CCC(COc3c(F)cc(-c4cccc(C(=N)N=NN)c4)cc3F)CC2)nc1. The lowest BCUT2D eigenvalue weighted by molar-refractivity contribution is 0.207. The molecule has 3 N–H and O–H groups in total. The molecular weight excluding hydrogens is 452 g/mol. The van der Waals surface area contributed by atoms with E-state index < -0.39 is 11.6 Å². The van der Waals surface area contributed by atoms with Gasteiger partial charge in [0.2, 0.25) is 5.95 Å². The molecule has 0 radical (unpaired) electrons. The fourth-order valence-corrected chi connectivity index (χ4v) is 4.02. The van der Waals surface area contributed by atoms with Gasteiger partial charge >= 0.3 is 0 Å². The number of rotatable bonds is 7. The number of nitrogens with one attached hydrogen (secondary N) is 1. The fourth-order valence-electron chi connectivity index (χ4n) is 4.02. The third-order valence-electron chi connectivity index (χ3n) is 6.09. The molecule has 2 aromatic carbocycles. The zero-order valence-electron chi connectivity index (χ0n) is 19.4. The molecule has 10 heteroatoms. The van der Waals surface area contributed by atoms with Crippen LogP contribution in [-0.2, 0) is 6.42 Å². The molecule has 0 unspecified atom stereocenters. The number of anilines is 1. The van der Waals surface area contributed by atoms with Gasteiger partial charge in [0, 0.05) is 31.0 Å². The molecule has 1 fully saturated rings. The third-order valence-corrected chi connectivity index (χ3v) is 6.09. The lowest BCUT2D eigenvalue weighted by Crippen LogP contribution is -2.36. The van der Waals surface area contributed by atoms with Gasteiger partial charge in [-0.15, -0.1) is 5.11 Å². The molecule has 3 aromatic rings. The number of aromatic nitrogens is 2. The molecule has 1 aliphatic heterocycles. The van der Waals surface area contributed by atoms with Crippen molar-refractivity contribution in [2.24, 2.45) is 22.1 Å². The molecule has 1 aromatic heterocycles. The van der Waals surface area contributed by atoms with E-state index in [1.165, 1.54) is 12.1 Å². The van der Waals surface area contributed by atoms with Crippen LogP contribution >= 0.6 is 0 Å². The van der Waals surface area contributed by atoms with Gasteiger partial charge in [-0.1, -0.05) is 30.3 Å². The molecule has 8 nitrogen and oxygen atoms in total. The van der Waals surface area contributed by atoms with Crippen LogP contribution in [-0.4, -0.2) is 35.5 Å². The van der Waals surface area contributed by atoms with Crippen LogP contribution in [0.5, 0.6) is 5.75 Å². The lowest BCUT2D eigenvalue weighted by atomic mass is 9.98. The highest BCUT2D eigenvalue weighted by atomic mass is 19.1. The van der Waals surface area contributed by atoms with Gasteiger partial charge in [-0.3, -0.25) is 5.41 Å². The number of halogens is 2. The summed E-state index contributed by atoms with van der Waals surface area (Å²) in [5.74, 6) is 3.81. The molecule has 0 atom stereocenters. The van der Waals surface area contributed by atoms with Crippen molar-refractivity contribution >= 4 is 11.8 Å². The highest BCUT2D eigenvalue weighted by Crippen LogP contribution is 2.31. The van der Waals surface area contributed by atoms with Crippen LogP contribution in [0.2, 0.25) is 0 Å². The molecule has 0 amide bonds. The first-order chi connectivity index (χ1) is 17.0. The first kappa shape index (κ1) is 24.2. The lowest BCUT2D eigenvalue weighted by Gasteiger charge is -2.31. The number of nitrogens with two attached hydrogens (primary N) is 1. The zero-order valence-corrected chi connectivity index (χ0v) is 19.4. The normalized spacial score (nSPS) is 14.4. The summed E-state index contributed by atoms with van der Waals surface area (Å²) >= 11 is 0. The number of nitrogens with zero attached hydrogens (tertiary/aromatic N) is 5. The van der Waals surface area contributed by atoms with E-state index in [0.717, 1.165) is 37.9 Å². The average molecular weight is 480 g/mol. The summed E-state index contributed by atoms with van der Waals surface area (Å²) in [4.78, 5) is 11.0. The monoisotopic (exact) mass is 479 g/mol. The summed E-state index contributed by atoms with van der Waals surface area (Å²) < 4.78 is 35.2. The van der Waals surface area contributed by atoms with Crippen LogP contribution in [0, 0.1) is 23.0 Å². The molecule has 2 heterocycles. The van der Waals surface area contributed by atoms with Crippen LogP contribution in [0.1, 0.15) is 30.9 Å². The van der Waals surface area contributed by atoms with E-state index in [4.69, 9.17) is 16.0 Å². The molecule has 0 saturated carbocycles. The highest BCUT2D eigenvalue weighted by molar-refractivity contribution is 5.97. The Morgan fingerprint density at radius 2 is 1.80 bits per heavy atom. The minimum absolute atomic E-state index is 0.147. The Balaban J connectivity index is 1.38. The predicted octanol–water partition coefficient (Wildman–Crippen LogP) is 4.93. The van der Waals surface area contributed by atoms with Gasteiger partial charge in [0.15, 0.2) is 23.2 Å². The first-order valence-electron chi connectivity index (χ1n) is 11.5. The molecule has 0 spiro atoms. The molecule has 35 heavy (non-hydrogen) atoms. The quantitative estimate of drug-likeness (QED) is 0.164. The van der Waals surface area contributed by atoms with E-state index in [1.807, 2.05) is 12.4 Å². The zero-order chi connectivity index (χ0) is 24.8. The molecule has 1 saturated heterocycles. The topological polar surface area (TPSA) is 113 Å². The number of piperidine rings is 1. The summed E-state index contributed by atoms with van der Waals surface area (Å²) in [5.41, 5.74) is 2.38. The van der Waals surface area contributed by atoms with Gasteiger partial charge in [0.1, 0.15) is 0 Å². The number of hydrogen-bond acceptors (Lipinski definition) is 6. The predicted molar refractivity (Wildman–Crippen MR) is 130 cm³/mol. The van der Waals surface area contributed by atoms with E-state index in [-0.39, 0.29) is 24.1 Å². The van der Waals surface area contributed by atoms with Crippen molar-refractivity contribution in [2.75, 3.05) is 24.6 Å². The number of amidine groups is 1. The van der Waals surface area contributed by atoms with Gasteiger partial charge in [-0.25, -0.2) is 18.7 Å². The molecule has 4 rings (SSSR count). The van der Waals surface area contributed by atoms with Crippen LogP contribution in [0.15, 0.2) is 59.1 Å². The highest BCUT2D eigenvalue weighted by Gasteiger charge is 2.23. The van der Waals surface area contributed by atoms with Crippen LogP contribution in [0.4, 0.5) is 14.7 Å². The Morgan fingerprint density at radius 1 is 1.11 bits per heavy atom. The van der Waals surface area contributed by atoms with Gasteiger partial charge in [0.25, 0.3) is 0 Å². The molecular formula is C25H27F2N7O. The number of aryl methyl sites for hydroxylation is 1. The second-order valence-electron chi connectivity index (χ2n) is 8.40. The number of ether oxygens (including phenoxy) is 1. The summed E-state index contributed by atoms with van der Waals surface area (Å²) in [7, 11) is 0. The van der Waals surface area contributed by atoms with Gasteiger partial charge in [0.05, 0.1) is 6.61 Å². The van der Waals surface area contributed by atoms with Crippen LogP contribution in [0.3, 0.4) is 0 Å². The minimum atomic E-state index is -0.774. The maximum atomic E-state index is 14.8. The minimum Gasteiger partial charge on any atom is -0.487 e. The largest absolute Gasteiger partial charge is 0.487 e. The van der Waals surface area contributed by atoms with Gasteiger partial charge in [-0.2, -0.15) is 0 Å². The maximum absolute atomic E-state index is 14.8. The summed E-state index contributed by atoms with van der Waals surface area (Å²) in [6.07, 6.45) is 6.22. The van der Waals surface area contributed by atoms with Gasteiger partial charge < -0.3 is 15.5 Å². The van der Waals surface area contributed by atoms with E-state index in [1.54, 1.807) is 24.3 Å². The molecule has 1 aliphatic rings. The number of hydrogen-bond donors (Lipinski definition) is 2. The molecule has 0 bridgehead atoms. The van der Waals surface area contributed by atoms with Gasteiger partial charge in [-0.05, 0) is 60.1 Å². The third kappa shape index (κ3) is 5.76. The Kier molecular flexibility index (Phi) is 7.59. The summed E-state index contributed by atoms with van der Waals surface area (Å²) in [5, 5.41) is 14.4. The fraction of sp³-hybridized carbons (Fsp3) is 0.320. The standard InChI is InChI=1S/C25H27F2N7O/c1-2-16-13-30-25(31-14-16)34-8-6-17(7-9-34)15-35-23-21(26)11-20(12-22(23)27)18-4-3-5-19(10-18)24(28)32-33-29/h3-5,10-14,17H,2,6-9,15H2,1H3,(H3,28,29,32). The number of benzene rings is 2. The van der Waals surface area contributed by atoms with E-state index in [0.29, 0.717) is 22.6 Å². The van der Waals surface area contributed by atoms with E-state index in [9.17, 15) is 8.78 Å². The van der Waals surface area contributed by atoms with Crippen molar-refractivity contribution in [1.82, 2.24) is 9.97 Å². The van der Waals surface area contributed by atoms with Crippen molar-refractivity contribution in [3.8, 4) is 16.9 Å². The maximum Gasteiger partial charge on any atom is 0.225 e. The Bertz CT molecular complexity index is 1190. The van der Waals surface area contributed by atoms with E-state index in [2.05, 4.69) is 32.1 Å². The second-order valence-corrected chi connectivity index (χ2v) is 8.40. The Hall–Kier alpha value is -3.95. The summed E-state index contributed by atoms with van der Waals surface area (Å²) in [6.45, 7) is 3.82. The summed E-state index contributed by atoms with van der Waals surface area (Å²) in [6, 6.07) is 9.05. The van der Waals surface area contributed by atoms with Crippen molar-refractivity contribution in [2.45, 2.75) is 26.2 Å². The van der Waals surface area contributed by atoms with Crippen molar-refractivity contribution in [1.29, 1.82) is 5.41 Å². The Labute approximate surface area is 202 Å². The second kappa shape index (κ2) is 11.0. The molecule has 0 aliphatic carbocycles. The van der Waals surface area contributed by atoms with Crippen molar-refractivity contribution in [3.05, 3.63) is 71.6 Å². The van der Waals surface area contributed by atoms with E-state index >= 15 is 0 Å². The Morgan fingerprint density at radius 3 is 2.43 bits per heavy atom. The smallest absolute Gasteiger partial charge is 0.225 e. The van der Waals surface area contributed by atoms with Crippen LogP contribution < -0.4 is 15.5 Å². The van der Waals surface area contributed by atoms with Crippen molar-refractivity contribution < 1.29 is 13.5 Å². The van der Waals surface area contributed by atoms with Crippen LogP contribution in [0.25, 0.3) is 11.1 Å². The average Bonchev–Trinajstić information content (AvgIpc) is 2.89. The first-order valence-corrected chi connectivity index (χ1v) is 11.5. The molecule has 182 valence electrons.